The molecule has 0 saturated carbocycles. The molecule has 2 saturated heterocycles. The second kappa shape index (κ2) is 8.28. The van der Waals surface area contributed by atoms with Crippen molar-refractivity contribution in [1.29, 1.82) is 0 Å². The summed E-state index contributed by atoms with van der Waals surface area (Å²) >= 11 is 0. The largest absolute Gasteiger partial charge is 0.337 e. The van der Waals surface area contributed by atoms with Gasteiger partial charge in [-0.05, 0) is 68.9 Å². The molecule has 2 fully saturated rings. The molecule has 0 unspecified atom stereocenters. The van der Waals surface area contributed by atoms with Crippen molar-refractivity contribution in [2.24, 2.45) is 5.41 Å². The summed E-state index contributed by atoms with van der Waals surface area (Å²) in [6, 6.07) is 4.06. The zero-order valence-electron chi connectivity index (χ0n) is 15.7. The first-order valence-electron chi connectivity index (χ1n) is 9.72. The molecule has 2 aliphatic heterocycles. The van der Waals surface area contributed by atoms with Crippen molar-refractivity contribution < 1.29 is 4.79 Å². The van der Waals surface area contributed by atoms with E-state index in [-0.39, 0.29) is 6.04 Å². The predicted octanol–water partition coefficient (Wildman–Crippen LogP) is 2.28. The van der Waals surface area contributed by atoms with E-state index in [0.717, 1.165) is 51.0 Å². The molecule has 0 radical (unpaired) electrons. The number of likely N-dealkylation sites (N-methyl/N-ethyl adjacent to an activating group) is 1. The molecule has 1 N–H and O–H groups in total. The van der Waals surface area contributed by atoms with Crippen molar-refractivity contribution in [2.75, 3.05) is 33.2 Å². The average molecular weight is 345 g/mol. The van der Waals surface area contributed by atoms with Crippen molar-refractivity contribution >= 4 is 5.91 Å². The number of carbonyl (C=O) groups excluding carboxylic acids is 1. The first-order valence-corrected chi connectivity index (χ1v) is 9.72. The zero-order valence-corrected chi connectivity index (χ0v) is 15.7. The maximum Gasteiger partial charge on any atom is 0.240 e. The van der Waals surface area contributed by atoms with E-state index in [2.05, 4.69) is 34.1 Å². The van der Waals surface area contributed by atoms with E-state index < -0.39 is 0 Å². The molecular formula is C20H32N4O. The van der Waals surface area contributed by atoms with Gasteiger partial charge < -0.3 is 10.2 Å². The van der Waals surface area contributed by atoms with E-state index >= 15 is 0 Å². The van der Waals surface area contributed by atoms with Crippen LogP contribution >= 0.6 is 0 Å². The standard InChI is InChI=1S/C20H32N4O/c1-3-4-13-24(15-17-5-9-21-10-6-17)19(25)18-14-20(16-23(18)2)7-11-22-12-8-20/h5-6,9-10,18,22H,3-4,7-8,11-16H2,1-2H3/t18-/m1/s1. The Balaban J connectivity index is 1.70. The Morgan fingerprint density at radius 1 is 1.36 bits per heavy atom. The summed E-state index contributed by atoms with van der Waals surface area (Å²) in [6.07, 6.45) is 9.19. The zero-order chi connectivity index (χ0) is 17.7. The summed E-state index contributed by atoms with van der Waals surface area (Å²) in [5.41, 5.74) is 1.50. The van der Waals surface area contributed by atoms with Crippen LogP contribution in [0.15, 0.2) is 24.5 Å². The third-order valence-electron chi connectivity index (χ3n) is 5.91. The van der Waals surface area contributed by atoms with E-state index in [1.165, 1.54) is 12.8 Å². The van der Waals surface area contributed by atoms with Crippen LogP contribution in [0.1, 0.15) is 44.6 Å². The van der Waals surface area contributed by atoms with Crippen LogP contribution in [-0.2, 0) is 11.3 Å². The lowest BCUT2D eigenvalue weighted by Gasteiger charge is -2.33. The molecular weight excluding hydrogens is 312 g/mol. The first-order chi connectivity index (χ1) is 12.1. The number of aromatic nitrogens is 1. The third kappa shape index (κ3) is 4.39. The lowest BCUT2D eigenvalue weighted by Crippen LogP contribution is -2.44. The number of pyridine rings is 1. The van der Waals surface area contributed by atoms with Gasteiger partial charge in [0.1, 0.15) is 0 Å². The molecule has 0 aromatic carbocycles. The minimum atomic E-state index is 0.0387. The number of likely N-dealkylation sites (tertiary alicyclic amines) is 1. The van der Waals surface area contributed by atoms with Gasteiger partial charge in [0.2, 0.25) is 5.91 Å². The van der Waals surface area contributed by atoms with Gasteiger partial charge in [0.25, 0.3) is 0 Å². The van der Waals surface area contributed by atoms with E-state index in [1.807, 2.05) is 24.5 Å². The molecule has 0 bridgehead atoms. The highest BCUT2D eigenvalue weighted by atomic mass is 16.2. The summed E-state index contributed by atoms with van der Waals surface area (Å²) < 4.78 is 0. The second-order valence-corrected chi connectivity index (χ2v) is 7.85. The summed E-state index contributed by atoms with van der Waals surface area (Å²) in [6.45, 7) is 6.95. The number of hydrogen-bond donors (Lipinski definition) is 1. The normalized spacial score (nSPS) is 23.0. The number of carbonyl (C=O) groups is 1. The molecule has 1 aromatic heterocycles. The number of piperidine rings is 1. The Labute approximate surface area is 151 Å². The van der Waals surface area contributed by atoms with Gasteiger partial charge in [-0.2, -0.15) is 0 Å². The SMILES string of the molecule is CCCCN(Cc1ccncc1)C(=O)[C@H]1CC2(CCNCC2)CN1C. The molecule has 0 aliphatic carbocycles. The maximum absolute atomic E-state index is 13.3. The third-order valence-corrected chi connectivity index (χ3v) is 5.91. The van der Waals surface area contributed by atoms with Gasteiger partial charge in [-0.1, -0.05) is 13.3 Å². The van der Waals surface area contributed by atoms with E-state index in [9.17, 15) is 4.79 Å². The summed E-state index contributed by atoms with van der Waals surface area (Å²) in [5.74, 6) is 0.308. The van der Waals surface area contributed by atoms with Crippen LogP contribution in [0.2, 0.25) is 0 Å². The van der Waals surface area contributed by atoms with Crippen molar-refractivity contribution in [3.8, 4) is 0 Å². The highest BCUT2D eigenvalue weighted by molar-refractivity contribution is 5.82. The Bertz CT molecular complexity index is 556. The minimum absolute atomic E-state index is 0.0387. The second-order valence-electron chi connectivity index (χ2n) is 7.85. The quantitative estimate of drug-likeness (QED) is 0.860. The van der Waals surface area contributed by atoms with Crippen LogP contribution in [0, 0.1) is 5.41 Å². The molecule has 5 heteroatoms. The fraction of sp³-hybridized carbons (Fsp3) is 0.700. The minimum Gasteiger partial charge on any atom is -0.337 e. The van der Waals surface area contributed by atoms with E-state index in [4.69, 9.17) is 0 Å². The predicted molar refractivity (Wildman–Crippen MR) is 100 cm³/mol. The average Bonchev–Trinajstić information content (AvgIpc) is 2.95. The Morgan fingerprint density at radius 2 is 2.08 bits per heavy atom. The molecule has 3 heterocycles. The van der Waals surface area contributed by atoms with E-state index in [0.29, 0.717) is 17.9 Å². The number of hydrogen-bond acceptors (Lipinski definition) is 4. The maximum atomic E-state index is 13.3. The van der Waals surface area contributed by atoms with E-state index in [1.54, 1.807) is 0 Å². The number of unbranched alkanes of at least 4 members (excludes halogenated alkanes) is 1. The molecule has 5 nitrogen and oxygen atoms in total. The molecule has 3 rings (SSSR count). The van der Waals surface area contributed by atoms with Crippen molar-refractivity contribution in [2.45, 2.75) is 51.6 Å². The molecule has 1 atom stereocenters. The van der Waals surface area contributed by atoms with Crippen LogP contribution < -0.4 is 5.32 Å². The summed E-state index contributed by atoms with van der Waals surface area (Å²) in [4.78, 5) is 21.8. The Morgan fingerprint density at radius 3 is 2.76 bits per heavy atom. The molecule has 2 aliphatic rings. The van der Waals surface area contributed by atoms with Gasteiger partial charge in [0.15, 0.2) is 0 Å². The highest BCUT2D eigenvalue weighted by Crippen LogP contribution is 2.41. The Kier molecular flexibility index (Phi) is 6.07. The molecule has 138 valence electrons. The van der Waals surface area contributed by atoms with Gasteiger partial charge >= 0.3 is 0 Å². The monoisotopic (exact) mass is 344 g/mol. The molecule has 1 aromatic rings. The highest BCUT2D eigenvalue weighted by Gasteiger charge is 2.46. The first kappa shape index (κ1) is 18.3. The lowest BCUT2D eigenvalue weighted by molar-refractivity contribution is -0.136. The number of nitrogens with one attached hydrogen (secondary N) is 1. The van der Waals surface area contributed by atoms with Gasteiger partial charge in [0.05, 0.1) is 6.04 Å². The van der Waals surface area contributed by atoms with Crippen LogP contribution in [-0.4, -0.2) is 60.0 Å². The number of nitrogens with zero attached hydrogens (tertiary/aromatic N) is 3. The van der Waals surface area contributed by atoms with Gasteiger partial charge in [-0.3, -0.25) is 14.7 Å². The fourth-order valence-electron chi connectivity index (χ4n) is 4.40. The number of rotatable bonds is 6. The van der Waals surface area contributed by atoms with Crippen molar-refractivity contribution in [3.63, 3.8) is 0 Å². The van der Waals surface area contributed by atoms with Gasteiger partial charge in [-0.25, -0.2) is 0 Å². The van der Waals surface area contributed by atoms with Crippen LogP contribution in [0.4, 0.5) is 0 Å². The van der Waals surface area contributed by atoms with Crippen molar-refractivity contribution in [1.82, 2.24) is 20.1 Å². The topological polar surface area (TPSA) is 48.5 Å². The van der Waals surface area contributed by atoms with Crippen LogP contribution in [0.25, 0.3) is 0 Å². The summed E-state index contributed by atoms with van der Waals surface area (Å²) in [5, 5.41) is 3.46. The summed E-state index contributed by atoms with van der Waals surface area (Å²) in [7, 11) is 2.13. The molecule has 25 heavy (non-hydrogen) atoms. The van der Waals surface area contributed by atoms with Gasteiger partial charge in [-0.15, -0.1) is 0 Å². The Hall–Kier alpha value is -1.46. The molecule has 1 amide bonds. The van der Waals surface area contributed by atoms with Crippen molar-refractivity contribution in [3.05, 3.63) is 30.1 Å². The van der Waals surface area contributed by atoms with Gasteiger partial charge in [0, 0.05) is 32.0 Å². The lowest BCUT2D eigenvalue weighted by atomic mass is 9.77. The fourth-order valence-corrected chi connectivity index (χ4v) is 4.40. The number of amides is 1. The van der Waals surface area contributed by atoms with Crippen LogP contribution in [0.5, 0.6) is 0 Å². The van der Waals surface area contributed by atoms with Crippen LogP contribution in [0.3, 0.4) is 0 Å². The molecule has 1 spiro atoms. The smallest absolute Gasteiger partial charge is 0.240 e.